The lowest BCUT2D eigenvalue weighted by atomic mass is 9.89. The summed E-state index contributed by atoms with van der Waals surface area (Å²) in [5.74, 6) is 0. The van der Waals surface area contributed by atoms with E-state index in [2.05, 4.69) is 86.6 Å². The molecule has 0 aliphatic heterocycles. The maximum absolute atomic E-state index is 2.33. The van der Waals surface area contributed by atoms with Crippen LogP contribution in [0.1, 0.15) is 11.1 Å². The van der Waals surface area contributed by atoms with Crippen molar-refractivity contribution < 1.29 is 0 Å². The van der Waals surface area contributed by atoms with Gasteiger partial charge in [0.25, 0.3) is 0 Å². The van der Waals surface area contributed by atoms with Crippen molar-refractivity contribution in [3.8, 4) is 11.1 Å². The van der Waals surface area contributed by atoms with E-state index in [1.165, 1.54) is 43.8 Å². The molecule has 0 heteroatoms. The van der Waals surface area contributed by atoms with Crippen LogP contribution in [-0.2, 0) is 0 Å². The number of benzene rings is 4. The summed E-state index contributed by atoms with van der Waals surface area (Å²) in [4.78, 5) is 0. The van der Waals surface area contributed by atoms with E-state index in [1.54, 1.807) is 0 Å². The van der Waals surface area contributed by atoms with Gasteiger partial charge in [-0.1, -0.05) is 66.7 Å². The molecule has 22 heavy (non-hydrogen) atoms. The monoisotopic (exact) mass is 282 g/mol. The first-order valence-electron chi connectivity index (χ1n) is 7.73. The molecule has 0 bridgehead atoms. The van der Waals surface area contributed by atoms with Crippen LogP contribution in [0.5, 0.6) is 0 Å². The first-order chi connectivity index (χ1) is 10.8. The molecule has 4 rings (SSSR count). The highest BCUT2D eigenvalue weighted by atomic mass is 14.1. The fourth-order valence-electron chi connectivity index (χ4n) is 3.31. The summed E-state index contributed by atoms with van der Waals surface area (Å²) < 4.78 is 0. The molecular weight excluding hydrogens is 264 g/mol. The van der Waals surface area contributed by atoms with Gasteiger partial charge in [-0.25, -0.2) is 0 Å². The van der Waals surface area contributed by atoms with Gasteiger partial charge in [0.2, 0.25) is 0 Å². The summed E-state index contributed by atoms with van der Waals surface area (Å²) in [6, 6.07) is 26.2. The lowest BCUT2D eigenvalue weighted by molar-refractivity contribution is 1.38. The third-order valence-corrected chi connectivity index (χ3v) is 4.65. The minimum absolute atomic E-state index is 1.28. The van der Waals surface area contributed by atoms with Gasteiger partial charge in [0, 0.05) is 0 Å². The predicted octanol–water partition coefficient (Wildman–Crippen LogP) is 6.28. The van der Waals surface area contributed by atoms with Crippen LogP contribution in [0.4, 0.5) is 0 Å². The molecule has 0 saturated carbocycles. The molecule has 4 aromatic rings. The summed E-state index contributed by atoms with van der Waals surface area (Å²) >= 11 is 0. The smallest absolute Gasteiger partial charge is 0.00267 e. The molecule has 0 amide bonds. The van der Waals surface area contributed by atoms with Gasteiger partial charge in [-0.2, -0.15) is 0 Å². The van der Waals surface area contributed by atoms with Crippen molar-refractivity contribution in [2.24, 2.45) is 0 Å². The maximum Gasteiger partial charge on any atom is -0.00267 e. The molecule has 0 atom stereocenters. The van der Waals surface area contributed by atoms with Gasteiger partial charge < -0.3 is 0 Å². The molecule has 0 saturated heterocycles. The van der Waals surface area contributed by atoms with Crippen molar-refractivity contribution >= 4 is 21.5 Å². The van der Waals surface area contributed by atoms with Crippen molar-refractivity contribution in [1.82, 2.24) is 0 Å². The van der Waals surface area contributed by atoms with E-state index in [-0.39, 0.29) is 0 Å². The largest absolute Gasteiger partial charge is 0.0622 e. The third-order valence-electron chi connectivity index (χ3n) is 4.65. The standard InChI is InChI=1S/C22H18/c1-15-12-13-20-21(16(15)2)14-18-10-6-7-11-19(18)22(20)17-8-4-3-5-9-17/h3-14H,1-2H3. The summed E-state index contributed by atoms with van der Waals surface area (Å²) in [6.45, 7) is 4.41. The Morgan fingerprint density at radius 3 is 2.14 bits per heavy atom. The highest BCUT2D eigenvalue weighted by Crippen LogP contribution is 2.37. The molecule has 0 aliphatic rings. The average Bonchev–Trinajstić information content (AvgIpc) is 2.57. The minimum atomic E-state index is 1.28. The average molecular weight is 282 g/mol. The van der Waals surface area contributed by atoms with Crippen LogP contribution in [0, 0.1) is 13.8 Å². The Labute approximate surface area is 131 Å². The molecule has 0 fully saturated rings. The summed E-state index contributed by atoms with van der Waals surface area (Å²) in [6.07, 6.45) is 0. The molecule has 0 radical (unpaired) electrons. The Morgan fingerprint density at radius 1 is 0.591 bits per heavy atom. The van der Waals surface area contributed by atoms with Crippen molar-refractivity contribution in [1.29, 1.82) is 0 Å². The van der Waals surface area contributed by atoms with E-state index < -0.39 is 0 Å². The fraction of sp³-hybridized carbons (Fsp3) is 0.0909. The maximum atomic E-state index is 2.33. The molecule has 0 unspecified atom stereocenters. The van der Waals surface area contributed by atoms with Gasteiger partial charge in [-0.15, -0.1) is 0 Å². The summed E-state index contributed by atoms with van der Waals surface area (Å²) in [5, 5.41) is 5.33. The van der Waals surface area contributed by atoms with Crippen molar-refractivity contribution in [2.45, 2.75) is 13.8 Å². The predicted molar refractivity (Wildman–Crippen MR) is 96.4 cm³/mol. The van der Waals surface area contributed by atoms with E-state index in [0.29, 0.717) is 0 Å². The van der Waals surface area contributed by atoms with Crippen molar-refractivity contribution in [2.75, 3.05) is 0 Å². The Morgan fingerprint density at radius 2 is 1.32 bits per heavy atom. The summed E-state index contributed by atoms with van der Waals surface area (Å²) in [7, 11) is 0. The molecule has 0 aliphatic carbocycles. The Bertz CT molecular complexity index is 979. The third kappa shape index (κ3) is 1.92. The topological polar surface area (TPSA) is 0 Å². The van der Waals surface area contributed by atoms with Gasteiger partial charge in [-0.3, -0.25) is 0 Å². The van der Waals surface area contributed by atoms with Crippen molar-refractivity contribution in [3.05, 3.63) is 83.9 Å². The molecule has 0 spiro atoms. The SMILES string of the molecule is Cc1ccc2c(-c3ccccc3)c3ccccc3cc2c1C. The van der Waals surface area contributed by atoms with Crippen molar-refractivity contribution in [3.63, 3.8) is 0 Å². The second-order valence-corrected chi connectivity index (χ2v) is 5.94. The molecule has 106 valence electrons. The molecule has 0 N–H and O–H groups in total. The highest BCUT2D eigenvalue weighted by Gasteiger charge is 2.11. The first-order valence-corrected chi connectivity index (χ1v) is 7.73. The number of fused-ring (bicyclic) bond motifs is 2. The van der Waals surface area contributed by atoms with Crippen LogP contribution in [-0.4, -0.2) is 0 Å². The minimum Gasteiger partial charge on any atom is -0.0622 e. The van der Waals surface area contributed by atoms with E-state index >= 15 is 0 Å². The Kier molecular flexibility index (Phi) is 2.97. The number of hydrogen-bond acceptors (Lipinski definition) is 0. The Hall–Kier alpha value is -2.60. The summed E-state index contributed by atoms with van der Waals surface area (Å²) in [5.41, 5.74) is 5.35. The van der Waals surface area contributed by atoms with Gasteiger partial charge in [0.05, 0.1) is 0 Å². The quantitative estimate of drug-likeness (QED) is 0.360. The zero-order chi connectivity index (χ0) is 15.1. The molecule has 0 aromatic heterocycles. The van der Waals surface area contributed by atoms with E-state index in [9.17, 15) is 0 Å². The van der Waals surface area contributed by atoms with Crippen LogP contribution >= 0.6 is 0 Å². The molecule has 0 heterocycles. The van der Waals surface area contributed by atoms with Crippen LogP contribution in [0.15, 0.2) is 72.8 Å². The van der Waals surface area contributed by atoms with Crippen LogP contribution in [0.25, 0.3) is 32.7 Å². The fourth-order valence-corrected chi connectivity index (χ4v) is 3.31. The molecule has 0 nitrogen and oxygen atoms in total. The highest BCUT2D eigenvalue weighted by molar-refractivity contribution is 6.13. The molecular formula is C22H18. The van der Waals surface area contributed by atoms with Gasteiger partial charge in [0.15, 0.2) is 0 Å². The van der Waals surface area contributed by atoms with Crippen LogP contribution in [0.3, 0.4) is 0 Å². The van der Waals surface area contributed by atoms with E-state index in [4.69, 9.17) is 0 Å². The van der Waals surface area contributed by atoms with Gasteiger partial charge in [-0.05, 0) is 63.7 Å². The normalized spacial score (nSPS) is 11.2. The van der Waals surface area contributed by atoms with E-state index in [1.807, 2.05) is 0 Å². The molecule has 4 aromatic carbocycles. The Balaban J connectivity index is 2.25. The van der Waals surface area contributed by atoms with Gasteiger partial charge in [0.1, 0.15) is 0 Å². The van der Waals surface area contributed by atoms with Crippen LogP contribution < -0.4 is 0 Å². The number of rotatable bonds is 1. The number of aryl methyl sites for hydroxylation is 2. The zero-order valence-electron chi connectivity index (χ0n) is 12.9. The second kappa shape index (κ2) is 4.99. The lowest BCUT2D eigenvalue weighted by Crippen LogP contribution is -1.89. The van der Waals surface area contributed by atoms with Crippen LogP contribution in [0.2, 0.25) is 0 Å². The second-order valence-electron chi connectivity index (χ2n) is 5.94. The number of hydrogen-bond donors (Lipinski definition) is 0. The van der Waals surface area contributed by atoms with Gasteiger partial charge >= 0.3 is 0 Å². The lowest BCUT2D eigenvalue weighted by Gasteiger charge is -2.14. The first kappa shape index (κ1) is 13.1. The zero-order valence-corrected chi connectivity index (χ0v) is 12.9. The van der Waals surface area contributed by atoms with E-state index in [0.717, 1.165) is 0 Å².